The van der Waals surface area contributed by atoms with E-state index in [9.17, 15) is 9.59 Å². The monoisotopic (exact) mass is 306 g/mol. The first-order chi connectivity index (χ1) is 10.2. The number of rotatable bonds is 5. The van der Waals surface area contributed by atoms with Gasteiger partial charge in [-0.15, -0.1) is 0 Å². The van der Waals surface area contributed by atoms with Crippen LogP contribution >= 0.6 is 0 Å². The second kappa shape index (κ2) is 7.64. The van der Waals surface area contributed by atoms with Crippen molar-refractivity contribution in [3.8, 4) is 5.75 Å². The number of ether oxygens (including phenoxy) is 3. The predicted molar refractivity (Wildman–Crippen MR) is 82.8 cm³/mol. The van der Waals surface area contributed by atoms with Crippen LogP contribution in [0.5, 0.6) is 5.75 Å². The highest BCUT2D eigenvalue weighted by molar-refractivity contribution is 5.86. The molecule has 0 aliphatic heterocycles. The summed E-state index contributed by atoms with van der Waals surface area (Å²) in [5.74, 6) is 0.00168. The number of carbonyl (C=O) groups excluding carboxylic acids is 2. The van der Waals surface area contributed by atoms with Crippen molar-refractivity contribution in [2.45, 2.75) is 39.7 Å². The summed E-state index contributed by atoms with van der Waals surface area (Å²) in [6.07, 6.45) is -0.165. The van der Waals surface area contributed by atoms with Crippen LogP contribution in [0.3, 0.4) is 0 Å². The quantitative estimate of drug-likeness (QED) is 0.472. The zero-order valence-electron chi connectivity index (χ0n) is 13.5. The van der Waals surface area contributed by atoms with Crippen molar-refractivity contribution in [3.63, 3.8) is 0 Å². The third-order valence-electron chi connectivity index (χ3n) is 2.49. The first-order valence-electron chi connectivity index (χ1n) is 7.00. The number of hydrogen-bond acceptors (Lipinski definition) is 5. The van der Waals surface area contributed by atoms with Crippen molar-refractivity contribution in [2.75, 3.05) is 6.61 Å². The van der Waals surface area contributed by atoms with E-state index in [1.165, 1.54) is 0 Å². The maximum absolute atomic E-state index is 11.5. The number of carbonyl (C=O) groups is 2. The normalized spacial score (nSPS) is 10.7. The molecule has 0 saturated carbocycles. The van der Waals surface area contributed by atoms with Crippen molar-refractivity contribution in [3.05, 3.63) is 42.0 Å². The highest BCUT2D eigenvalue weighted by Gasteiger charge is 2.17. The number of benzene rings is 1. The van der Waals surface area contributed by atoms with Gasteiger partial charge in [-0.3, -0.25) is 0 Å². The van der Waals surface area contributed by atoms with E-state index in [0.29, 0.717) is 17.7 Å². The molecule has 1 aromatic carbocycles. The first kappa shape index (κ1) is 17.8. The van der Waals surface area contributed by atoms with Gasteiger partial charge in [0.15, 0.2) is 0 Å². The molecule has 0 N–H and O–H groups in total. The summed E-state index contributed by atoms with van der Waals surface area (Å²) < 4.78 is 15.1. The summed E-state index contributed by atoms with van der Waals surface area (Å²) in [5.41, 5.74) is 0.747. The third-order valence-corrected chi connectivity index (χ3v) is 2.49. The van der Waals surface area contributed by atoms with Crippen LogP contribution in [0.25, 0.3) is 0 Å². The van der Waals surface area contributed by atoms with Crippen LogP contribution in [-0.4, -0.2) is 24.3 Å². The van der Waals surface area contributed by atoms with Crippen LogP contribution in [0.15, 0.2) is 36.4 Å². The van der Waals surface area contributed by atoms with Gasteiger partial charge in [-0.05, 0) is 45.4 Å². The molecule has 0 aliphatic rings. The molecule has 22 heavy (non-hydrogen) atoms. The molecule has 0 bridgehead atoms. The van der Waals surface area contributed by atoms with Crippen LogP contribution < -0.4 is 4.74 Å². The number of esters is 1. The molecule has 0 heterocycles. The molecule has 0 saturated heterocycles. The lowest BCUT2D eigenvalue weighted by Gasteiger charge is -2.18. The highest BCUT2D eigenvalue weighted by atomic mass is 16.7. The molecule has 0 amide bonds. The zero-order valence-corrected chi connectivity index (χ0v) is 13.5. The van der Waals surface area contributed by atoms with Crippen molar-refractivity contribution in [1.82, 2.24) is 0 Å². The van der Waals surface area contributed by atoms with E-state index in [4.69, 9.17) is 14.2 Å². The Morgan fingerprint density at radius 1 is 1.14 bits per heavy atom. The minimum atomic E-state index is -0.740. The molecule has 0 spiro atoms. The summed E-state index contributed by atoms with van der Waals surface area (Å²) in [4.78, 5) is 22.7. The van der Waals surface area contributed by atoms with Crippen molar-refractivity contribution in [1.29, 1.82) is 0 Å². The van der Waals surface area contributed by atoms with Crippen LogP contribution in [-0.2, 0) is 20.7 Å². The number of hydrogen-bond donors (Lipinski definition) is 0. The Morgan fingerprint density at radius 2 is 1.73 bits per heavy atom. The SMILES string of the molecule is C=C(C)C(=O)OCCc1ccc(OC(=O)OC(C)(C)C)cc1. The summed E-state index contributed by atoms with van der Waals surface area (Å²) in [5, 5.41) is 0. The molecule has 1 rings (SSSR count). The van der Waals surface area contributed by atoms with E-state index < -0.39 is 17.7 Å². The van der Waals surface area contributed by atoms with Crippen molar-refractivity contribution >= 4 is 12.1 Å². The van der Waals surface area contributed by atoms with E-state index in [0.717, 1.165) is 5.56 Å². The lowest BCUT2D eigenvalue weighted by atomic mass is 10.1. The Morgan fingerprint density at radius 3 is 2.23 bits per heavy atom. The molecule has 0 radical (unpaired) electrons. The molecule has 0 fully saturated rings. The second-order valence-corrected chi connectivity index (χ2v) is 5.88. The molecule has 1 aromatic rings. The molecule has 0 aromatic heterocycles. The van der Waals surface area contributed by atoms with E-state index in [-0.39, 0.29) is 6.61 Å². The minimum absolute atomic E-state index is 0.276. The fraction of sp³-hybridized carbons (Fsp3) is 0.412. The average Bonchev–Trinajstić information content (AvgIpc) is 2.38. The van der Waals surface area contributed by atoms with E-state index in [1.54, 1.807) is 52.0 Å². The summed E-state index contributed by atoms with van der Waals surface area (Å²) in [6.45, 7) is 10.7. The fourth-order valence-electron chi connectivity index (χ4n) is 1.48. The highest BCUT2D eigenvalue weighted by Crippen LogP contribution is 2.15. The van der Waals surface area contributed by atoms with Crippen molar-refractivity contribution < 1.29 is 23.8 Å². The van der Waals surface area contributed by atoms with Crippen LogP contribution in [0.1, 0.15) is 33.3 Å². The summed E-state index contributed by atoms with van der Waals surface area (Å²) >= 11 is 0. The van der Waals surface area contributed by atoms with E-state index in [1.807, 2.05) is 0 Å². The zero-order chi connectivity index (χ0) is 16.8. The van der Waals surface area contributed by atoms with Gasteiger partial charge in [-0.1, -0.05) is 18.7 Å². The van der Waals surface area contributed by atoms with Gasteiger partial charge in [0.25, 0.3) is 0 Å². The van der Waals surface area contributed by atoms with Gasteiger partial charge < -0.3 is 14.2 Å². The molecule has 0 unspecified atom stereocenters. The molecular weight excluding hydrogens is 284 g/mol. The average molecular weight is 306 g/mol. The lowest BCUT2D eigenvalue weighted by molar-refractivity contribution is -0.138. The Kier molecular flexibility index (Phi) is 6.16. The molecule has 5 nitrogen and oxygen atoms in total. The Hall–Kier alpha value is -2.30. The summed E-state index contributed by atoms with van der Waals surface area (Å²) in [6, 6.07) is 6.93. The topological polar surface area (TPSA) is 61.8 Å². The van der Waals surface area contributed by atoms with Crippen LogP contribution in [0.4, 0.5) is 4.79 Å². The molecule has 5 heteroatoms. The van der Waals surface area contributed by atoms with Gasteiger partial charge in [0.2, 0.25) is 0 Å². The largest absolute Gasteiger partial charge is 0.514 e. The third kappa shape index (κ3) is 6.92. The van der Waals surface area contributed by atoms with Gasteiger partial charge in [0.1, 0.15) is 11.4 Å². The van der Waals surface area contributed by atoms with Gasteiger partial charge in [-0.25, -0.2) is 9.59 Å². The van der Waals surface area contributed by atoms with Crippen molar-refractivity contribution in [2.24, 2.45) is 0 Å². The molecule has 0 atom stereocenters. The van der Waals surface area contributed by atoms with Crippen LogP contribution in [0.2, 0.25) is 0 Å². The first-order valence-corrected chi connectivity index (χ1v) is 7.00. The van der Waals surface area contributed by atoms with Crippen LogP contribution in [0, 0.1) is 0 Å². The van der Waals surface area contributed by atoms with E-state index in [2.05, 4.69) is 6.58 Å². The maximum atomic E-state index is 11.5. The van der Waals surface area contributed by atoms with Gasteiger partial charge in [0, 0.05) is 12.0 Å². The smallest absolute Gasteiger partial charge is 0.462 e. The summed E-state index contributed by atoms with van der Waals surface area (Å²) in [7, 11) is 0. The molecule has 0 aliphatic carbocycles. The molecule has 120 valence electrons. The fourth-order valence-corrected chi connectivity index (χ4v) is 1.48. The lowest BCUT2D eigenvalue weighted by Crippen LogP contribution is -2.25. The predicted octanol–water partition coefficient (Wildman–Crippen LogP) is 3.66. The Bertz CT molecular complexity index is 537. The molecular formula is C17H22O5. The second-order valence-electron chi connectivity index (χ2n) is 5.88. The Labute approximate surface area is 130 Å². The van der Waals surface area contributed by atoms with Gasteiger partial charge >= 0.3 is 12.1 Å². The minimum Gasteiger partial charge on any atom is -0.462 e. The maximum Gasteiger partial charge on any atom is 0.514 e. The van der Waals surface area contributed by atoms with Gasteiger partial charge in [-0.2, -0.15) is 0 Å². The standard InChI is InChI=1S/C17H22O5/c1-12(2)15(18)20-11-10-13-6-8-14(9-7-13)21-16(19)22-17(3,4)5/h6-9H,1,10-11H2,2-5H3. The van der Waals surface area contributed by atoms with E-state index >= 15 is 0 Å². The Balaban J connectivity index is 2.44. The van der Waals surface area contributed by atoms with Gasteiger partial charge in [0.05, 0.1) is 6.61 Å².